The third-order valence-corrected chi connectivity index (χ3v) is 3.26. The van der Waals surface area contributed by atoms with Crippen LogP contribution in [-0.2, 0) is 9.59 Å². The van der Waals surface area contributed by atoms with E-state index in [1.54, 1.807) is 0 Å². The van der Waals surface area contributed by atoms with Crippen LogP contribution in [0.1, 0.15) is 79.5 Å². The second-order valence-electron chi connectivity index (χ2n) is 5.21. The quantitative estimate of drug-likeness (QED) is 0.409. The van der Waals surface area contributed by atoms with Crippen molar-refractivity contribution >= 4 is 11.9 Å². The van der Waals surface area contributed by atoms with Crippen molar-refractivity contribution in [3.8, 4) is 0 Å². The summed E-state index contributed by atoms with van der Waals surface area (Å²) < 4.78 is 0. The Hall–Kier alpha value is -0.0600. The number of carbonyl (C=O) groups excluding carboxylic acids is 1. The van der Waals surface area contributed by atoms with Crippen LogP contribution in [0.4, 0.5) is 0 Å². The molecule has 0 aliphatic heterocycles. The number of hydrogen-bond donors (Lipinski definition) is 2. The van der Waals surface area contributed by atoms with Crippen LogP contribution < -0.4 is 34.9 Å². The standard InChI is InChI=1S/C15H29NO3.Na.H/c1-3-4-5-6-7-8-9-10-11-12-14(17)16-13(2)15(18)19;;/h13H,3-12H2,1-2H3,(H,16,17)(H,18,19);;/q;+1;-1/t13-;;/m0../s1. The van der Waals surface area contributed by atoms with Gasteiger partial charge in [0.05, 0.1) is 0 Å². The summed E-state index contributed by atoms with van der Waals surface area (Å²) >= 11 is 0. The number of nitrogens with one attached hydrogen (secondary N) is 1. The van der Waals surface area contributed by atoms with Crippen molar-refractivity contribution in [2.45, 2.75) is 84.1 Å². The molecule has 5 heteroatoms. The van der Waals surface area contributed by atoms with Crippen molar-refractivity contribution in [1.29, 1.82) is 0 Å². The number of hydrogen-bond acceptors (Lipinski definition) is 2. The zero-order valence-electron chi connectivity index (χ0n) is 14.4. The molecule has 2 N–H and O–H groups in total. The largest absolute Gasteiger partial charge is 1.00 e. The number of rotatable bonds is 12. The molecule has 4 nitrogen and oxygen atoms in total. The minimum absolute atomic E-state index is 0. The van der Waals surface area contributed by atoms with Gasteiger partial charge in [-0.15, -0.1) is 0 Å². The Kier molecular flexibility index (Phi) is 17.0. The molecule has 0 radical (unpaired) electrons. The van der Waals surface area contributed by atoms with Crippen molar-refractivity contribution in [3.05, 3.63) is 0 Å². The number of unbranched alkanes of at least 4 members (excludes halogenated alkanes) is 8. The fraction of sp³-hybridized carbons (Fsp3) is 0.867. The van der Waals surface area contributed by atoms with E-state index >= 15 is 0 Å². The van der Waals surface area contributed by atoms with Gasteiger partial charge in [-0.25, -0.2) is 0 Å². The summed E-state index contributed by atoms with van der Waals surface area (Å²) in [6, 6.07) is -0.786. The third kappa shape index (κ3) is 14.4. The summed E-state index contributed by atoms with van der Waals surface area (Å²) in [5.41, 5.74) is 0. The van der Waals surface area contributed by atoms with E-state index < -0.39 is 12.0 Å². The van der Waals surface area contributed by atoms with Gasteiger partial charge in [-0.05, 0) is 13.3 Å². The van der Waals surface area contributed by atoms with Crippen LogP contribution in [0.3, 0.4) is 0 Å². The molecule has 0 rings (SSSR count). The molecule has 0 aliphatic carbocycles. The predicted octanol–water partition coefficient (Wildman–Crippen LogP) is 0.613. The van der Waals surface area contributed by atoms with Crippen molar-refractivity contribution < 1.29 is 45.7 Å². The van der Waals surface area contributed by atoms with Crippen LogP contribution in [0.5, 0.6) is 0 Å². The molecule has 0 fully saturated rings. The Morgan fingerprint density at radius 3 is 1.90 bits per heavy atom. The SMILES string of the molecule is CCCCCCCCCCCC(=O)N[C@@H](C)C(=O)O.[H-].[Na+]. The monoisotopic (exact) mass is 295 g/mol. The van der Waals surface area contributed by atoms with Gasteiger partial charge >= 0.3 is 35.5 Å². The Morgan fingerprint density at radius 1 is 1.00 bits per heavy atom. The van der Waals surface area contributed by atoms with Crippen LogP contribution in [-0.4, -0.2) is 23.0 Å². The van der Waals surface area contributed by atoms with E-state index in [0.29, 0.717) is 6.42 Å². The first-order chi connectivity index (χ1) is 9.07. The second-order valence-corrected chi connectivity index (χ2v) is 5.21. The summed E-state index contributed by atoms with van der Waals surface area (Å²) in [5.74, 6) is -1.14. The average molecular weight is 295 g/mol. The fourth-order valence-corrected chi connectivity index (χ4v) is 1.97. The maximum atomic E-state index is 11.4. The summed E-state index contributed by atoms with van der Waals surface area (Å²) in [6.07, 6.45) is 11.3. The Bertz CT molecular complexity index is 265. The molecule has 0 heterocycles. The van der Waals surface area contributed by atoms with Gasteiger partial charge in [-0.3, -0.25) is 9.59 Å². The van der Waals surface area contributed by atoms with Crippen LogP contribution in [0.15, 0.2) is 0 Å². The summed E-state index contributed by atoms with van der Waals surface area (Å²) in [4.78, 5) is 21.9. The topological polar surface area (TPSA) is 66.4 Å². The molecule has 0 spiro atoms. The first-order valence-corrected chi connectivity index (χ1v) is 7.60. The van der Waals surface area contributed by atoms with Crippen LogP contribution in [0, 0.1) is 0 Å². The van der Waals surface area contributed by atoms with Gasteiger partial charge < -0.3 is 11.8 Å². The van der Waals surface area contributed by atoms with Crippen LogP contribution >= 0.6 is 0 Å². The molecule has 0 aromatic rings. The van der Waals surface area contributed by atoms with E-state index in [-0.39, 0.29) is 36.9 Å². The normalized spacial score (nSPS) is 11.5. The molecule has 0 aliphatic rings. The predicted molar refractivity (Wildman–Crippen MR) is 78.2 cm³/mol. The minimum atomic E-state index is -0.986. The number of carboxylic acid groups (broad SMARTS) is 1. The smallest absolute Gasteiger partial charge is 1.00 e. The molecule has 0 unspecified atom stereocenters. The van der Waals surface area contributed by atoms with Gasteiger partial charge in [-0.1, -0.05) is 58.3 Å². The van der Waals surface area contributed by atoms with Crippen LogP contribution in [0.25, 0.3) is 0 Å². The average Bonchev–Trinajstić information content (AvgIpc) is 2.36. The van der Waals surface area contributed by atoms with Gasteiger partial charge in [0, 0.05) is 6.42 Å². The molecule has 1 atom stereocenters. The third-order valence-electron chi connectivity index (χ3n) is 3.26. The molecule has 114 valence electrons. The van der Waals surface area contributed by atoms with Gasteiger partial charge in [-0.2, -0.15) is 0 Å². The van der Waals surface area contributed by atoms with E-state index in [4.69, 9.17) is 5.11 Å². The minimum Gasteiger partial charge on any atom is -1.00 e. The molecule has 0 aromatic carbocycles. The van der Waals surface area contributed by atoms with E-state index in [9.17, 15) is 9.59 Å². The van der Waals surface area contributed by atoms with E-state index in [2.05, 4.69) is 12.2 Å². The van der Waals surface area contributed by atoms with Crippen molar-refractivity contribution in [2.75, 3.05) is 0 Å². The van der Waals surface area contributed by atoms with Crippen molar-refractivity contribution in [2.24, 2.45) is 0 Å². The zero-order valence-corrected chi connectivity index (χ0v) is 15.4. The number of amides is 1. The fourth-order valence-electron chi connectivity index (χ4n) is 1.97. The Morgan fingerprint density at radius 2 is 1.45 bits per heavy atom. The number of carboxylic acids is 1. The summed E-state index contributed by atoms with van der Waals surface area (Å²) in [7, 11) is 0. The molecule has 0 aromatic heterocycles. The molecular weight excluding hydrogens is 265 g/mol. The van der Waals surface area contributed by atoms with Crippen LogP contribution in [0.2, 0.25) is 0 Å². The Labute approximate surface area is 146 Å². The summed E-state index contributed by atoms with van der Waals surface area (Å²) in [6.45, 7) is 3.70. The first-order valence-electron chi connectivity index (χ1n) is 7.60. The van der Waals surface area contributed by atoms with E-state index in [0.717, 1.165) is 12.8 Å². The van der Waals surface area contributed by atoms with Crippen molar-refractivity contribution in [1.82, 2.24) is 5.32 Å². The molecule has 0 saturated carbocycles. The van der Waals surface area contributed by atoms with E-state index in [1.165, 1.54) is 51.9 Å². The molecule has 0 bridgehead atoms. The van der Waals surface area contributed by atoms with Gasteiger partial charge in [0.2, 0.25) is 5.91 Å². The van der Waals surface area contributed by atoms with Gasteiger partial charge in [0.1, 0.15) is 6.04 Å². The maximum Gasteiger partial charge on any atom is 1.00 e. The molecular formula is C15H30NNaO3. The van der Waals surface area contributed by atoms with E-state index in [1.807, 2.05) is 0 Å². The molecule has 1 amide bonds. The molecule has 0 saturated heterocycles. The first kappa shape index (κ1) is 22.2. The van der Waals surface area contributed by atoms with Gasteiger partial charge in [0.15, 0.2) is 0 Å². The summed E-state index contributed by atoms with van der Waals surface area (Å²) in [5, 5.41) is 11.1. The van der Waals surface area contributed by atoms with Gasteiger partial charge in [0.25, 0.3) is 0 Å². The molecule has 20 heavy (non-hydrogen) atoms. The number of carbonyl (C=O) groups is 2. The maximum absolute atomic E-state index is 11.4. The second kappa shape index (κ2) is 15.3. The number of aliphatic carboxylic acids is 1. The van der Waals surface area contributed by atoms with Crippen molar-refractivity contribution in [3.63, 3.8) is 0 Å². The Balaban J connectivity index is -0.00000162. The zero-order chi connectivity index (χ0) is 14.5.